The van der Waals surface area contributed by atoms with E-state index in [0.717, 1.165) is 6.07 Å². The molecule has 0 radical (unpaired) electrons. The van der Waals surface area contributed by atoms with Gasteiger partial charge in [-0.25, -0.2) is 22.8 Å². The lowest BCUT2D eigenvalue weighted by Gasteiger charge is -2.27. The molecule has 2 heterocycles. The van der Waals surface area contributed by atoms with Crippen LogP contribution in [0.5, 0.6) is 0 Å². The van der Waals surface area contributed by atoms with Gasteiger partial charge in [-0.3, -0.25) is 0 Å². The van der Waals surface area contributed by atoms with Crippen LogP contribution in [0.2, 0.25) is 5.02 Å². The first-order valence-corrected chi connectivity index (χ1v) is 12.0. The molecule has 2 aliphatic heterocycles. The third-order valence-corrected chi connectivity index (χ3v) is 7.35. The van der Waals surface area contributed by atoms with E-state index in [1.54, 1.807) is 13.8 Å². The number of esters is 2. The molecule has 0 bridgehead atoms. The summed E-state index contributed by atoms with van der Waals surface area (Å²) >= 11 is 6.12. The molecule has 0 unspecified atom stereocenters. The van der Waals surface area contributed by atoms with Crippen molar-refractivity contribution in [2.75, 3.05) is 39.5 Å². The van der Waals surface area contributed by atoms with E-state index >= 15 is 0 Å². The fourth-order valence-electron chi connectivity index (χ4n) is 3.37. The molecule has 1 atom stereocenters. The molecule has 1 aromatic rings. The SMILES string of the molecule is CCOC(=O)C1=C(COC(=O)c2ccc(Cl)c(S(=O)(=O)N3CCOCC3)c2)NC(=O)N[C@H]1C. The number of rotatable bonds is 7. The largest absolute Gasteiger partial charge is 0.463 e. The van der Waals surface area contributed by atoms with E-state index in [1.165, 1.54) is 16.4 Å². The number of hydrogen-bond donors (Lipinski definition) is 2. The summed E-state index contributed by atoms with van der Waals surface area (Å²) in [5.41, 5.74) is 0.141. The summed E-state index contributed by atoms with van der Waals surface area (Å²) in [5, 5.41) is 4.94. The standard InChI is InChI=1S/C20H24ClN3O8S/c1-3-31-19(26)17-12(2)22-20(27)23-15(17)11-32-18(25)13-4-5-14(21)16(10-13)33(28,29)24-6-8-30-9-7-24/h4-5,10,12H,3,6-9,11H2,1-2H3,(H2,22,23,27)/t12-/m0/s1. The zero-order chi connectivity index (χ0) is 24.2. The predicted octanol–water partition coefficient (Wildman–Crippen LogP) is 1.04. The van der Waals surface area contributed by atoms with Crippen molar-refractivity contribution < 1.29 is 37.0 Å². The monoisotopic (exact) mass is 501 g/mol. The van der Waals surface area contributed by atoms with Crippen LogP contribution in [-0.4, -0.2) is 76.3 Å². The minimum atomic E-state index is -3.95. The molecular weight excluding hydrogens is 478 g/mol. The van der Waals surface area contributed by atoms with Gasteiger partial charge in [-0.1, -0.05) is 11.6 Å². The summed E-state index contributed by atoms with van der Waals surface area (Å²) in [7, 11) is -3.95. The number of sulfonamides is 1. The van der Waals surface area contributed by atoms with E-state index in [1.807, 2.05) is 0 Å². The normalized spacial score (nSPS) is 19.5. The number of morpholine rings is 1. The number of nitrogens with one attached hydrogen (secondary N) is 2. The van der Waals surface area contributed by atoms with Crippen molar-refractivity contribution in [1.29, 1.82) is 0 Å². The van der Waals surface area contributed by atoms with Crippen LogP contribution in [0.3, 0.4) is 0 Å². The maximum atomic E-state index is 13.0. The van der Waals surface area contributed by atoms with Crippen LogP contribution in [0.15, 0.2) is 34.4 Å². The summed E-state index contributed by atoms with van der Waals surface area (Å²) in [5.74, 6) is -1.52. The smallest absolute Gasteiger partial charge is 0.338 e. The molecule has 2 N–H and O–H groups in total. The van der Waals surface area contributed by atoms with Crippen molar-refractivity contribution >= 4 is 39.6 Å². The molecule has 2 amide bonds. The van der Waals surface area contributed by atoms with Crippen LogP contribution < -0.4 is 10.6 Å². The minimum absolute atomic E-state index is 0.0372. The summed E-state index contributed by atoms with van der Waals surface area (Å²) < 4.78 is 42.6. The summed E-state index contributed by atoms with van der Waals surface area (Å²) in [4.78, 5) is 36.5. The van der Waals surface area contributed by atoms with Crippen LogP contribution >= 0.6 is 11.6 Å². The van der Waals surface area contributed by atoms with Gasteiger partial charge in [-0.15, -0.1) is 0 Å². The van der Waals surface area contributed by atoms with E-state index in [0.29, 0.717) is 0 Å². The molecule has 1 aromatic carbocycles. The maximum Gasteiger partial charge on any atom is 0.338 e. The lowest BCUT2D eigenvalue weighted by molar-refractivity contribution is -0.139. The lowest BCUT2D eigenvalue weighted by atomic mass is 10.0. The molecule has 13 heteroatoms. The molecule has 0 aromatic heterocycles. The zero-order valence-electron chi connectivity index (χ0n) is 18.1. The average molecular weight is 502 g/mol. The predicted molar refractivity (Wildman–Crippen MR) is 116 cm³/mol. The van der Waals surface area contributed by atoms with Crippen LogP contribution in [0.4, 0.5) is 4.79 Å². The third-order valence-electron chi connectivity index (χ3n) is 4.97. The highest BCUT2D eigenvalue weighted by Crippen LogP contribution is 2.27. The van der Waals surface area contributed by atoms with E-state index in [9.17, 15) is 22.8 Å². The molecule has 33 heavy (non-hydrogen) atoms. The zero-order valence-corrected chi connectivity index (χ0v) is 19.6. The van der Waals surface area contributed by atoms with Crippen molar-refractivity contribution in [2.45, 2.75) is 24.8 Å². The Bertz CT molecular complexity index is 1080. The van der Waals surface area contributed by atoms with Crippen molar-refractivity contribution in [3.63, 3.8) is 0 Å². The van der Waals surface area contributed by atoms with E-state index in [2.05, 4.69) is 10.6 Å². The van der Waals surface area contributed by atoms with Crippen LogP contribution in [0.1, 0.15) is 24.2 Å². The van der Waals surface area contributed by atoms with Crippen molar-refractivity contribution in [1.82, 2.24) is 14.9 Å². The highest BCUT2D eigenvalue weighted by Gasteiger charge is 2.31. The quantitative estimate of drug-likeness (QED) is 0.528. The second-order valence-corrected chi connectivity index (χ2v) is 9.48. The Morgan fingerprint density at radius 2 is 1.91 bits per heavy atom. The first-order valence-electron chi connectivity index (χ1n) is 10.2. The molecule has 2 aliphatic rings. The first-order chi connectivity index (χ1) is 15.6. The lowest BCUT2D eigenvalue weighted by Crippen LogP contribution is -2.50. The summed E-state index contributed by atoms with van der Waals surface area (Å²) in [6.07, 6.45) is 0. The van der Waals surface area contributed by atoms with E-state index in [4.69, 9.17) is 25.8 Å². The number of urea groups is 1. The molecule has 0 aliphatic carbocycles. The first kappa shape index (κ1) is 25.0. The van der Waals surface area contributed by atoms with Gasteiger partial charge in [0.1, 0.15) is 11.5 Å². The average Bonchev–Trinajstić information content (AvgIpc) is 2.78. The fourth-order valence-corrected chi connectivity index (χ4v) is 5.28. The van der Waals surface area contributed by atoms with Gasteiger partial charge in [0.2, 0.25) is 10.0 Å². The number of nitrogens with zero attached hydrogens (tertiary/aromatic N) is 1. The number of hydrogen-bond acceptors (Lipinski definition) is 8. The minimum Gasteiger partial charge on any atom is -0.463 e. The molecule has 11 nitrogen and oxygen atoms in total. The summed E-state index contributed by atoms with van der Waals surface area (Å²) in [6, 6.07) is 2.54. The second kappa shape index (κ2) is 10.5. The maximum absolute atomic E-state index is 13.0. The Kier molecular flexibility index (Phi) is 7.95. The van der Waals surface area contributed by atoms with Crippen LogP contribution in [-0.2, 0) is 29.0 Å². The molecule has 0 spiro atoms. The van der Waals surface area contributed by atoms with Crippen molar-refractivity contribution in [2.24, 2.45) is 0 Å². The van der Waals surface area contributed by atoms with Crippen LogP contribution in [0, 0.1) is 0 Å². The summed E-state index contributed by atoms with van der Waals surface area (Å²) in [6.45, 7) is 3.79. The highest BCUT2D eigenvalue weighted by molar-refractivity contribution is 7.89. The van der Waals surface area contributed by atoms with E-state index < -0.39 is 40.6 Å². The highest BCUT2D eigenvalue weighted by atomic mass is 35.5. The van der Waals surface area contributed by atoms with E-state index in [-0.39, 0.29) is 59.7 Å². The van der Waals surface area contributed by atoms with Gasteiger partial charge < -0.3 is 24.8 Å². The fraction of sp³-hybridized carbons (Fsp3) is 0.450. The number of halogens is 1. The van der Waals surface area contributed by atoms with Gasteiger partial charge in [0, 0.05) is 13.1 Å². The van der Waals surface area contributed by atoms with Gasteiger partial charge in [-0.2, -0.15) is 4.31 Å². The number of amides is 2. The Labute approximate surface area is 196 Å². The molecule has 3 rings (SSSR count). The number of carbonyl (C=O) groups is 3. The van der Waals surface area contributed by atoms with Gasteiger partial charge in [0.25, 0.3) is 0 Å². The van der Waals surface area contributed by atoms with Gasteiger partial charge >= 0.3 is 18.0 Å². The molecule has 1 fully saturated rings. The number of ether oxygens (including phenoxy) is 3. The molecule has 0 saturated carbocycles. The topological polar surface area (TPSA) is 140 Å². The molecule has 180 valence electrons. The molecular formula is C20H24ClN3O8S. The Morgan fingerprint density at radius 1 is 1.21 bits per heavy atom. The van der Waals surface area contributed by atoms with Gasteiger partial charge in [0.05, 0.1) is 47.7 Å². The van der Waals surface area contributed by atoms with Gasteiger partial charge in [0.15, 0.2) is 0 Å². The van der Waals surface area contributed by atoms with Crippen molar-refractivity contribution in [3.8, 4) is 0 Å². The second-order valence-electron chi connectivity index (χ2n) is 7.17. The molecule has 1 saturated heterocycles. The van der Waals surface area contributed by atoms with Crippen LogP contribution in [0.25, 0.3) is 0 Å². The Hall–Kier alpha value is -2.67. The van der Waals surface area contributed by atoms with Gasteiger partial charge in [-0.05, 0) is 32.0 Å². The number of carbonyl (C=O) groups excluding carboxylic acids is 3. The van der Waals surface area contributed by atoms with Crippen molar-refractivity contribution in [3.05, 3.63) is 40.1 Å². The third kappa shape index (κ3) is 5.64. The Morgan fingerprint density at radius 3 is 2.58 bits per heavy atom. The number of benzene rings is 1. The Balaban J connectivity index is 1.81.